The number of anilines is 1. The van der Waals surface area contributed by atoms with Gasteiger partial charge >= 0.3 is 0 Å². The Morgan fingerprint density at radius 2 is 2.19 bits per heavy atom. The fourth-order valence-corrected chi connectivity index (χ4v) is 5.12. The van der Waals surface area contributed by atoms with Crippen molar-refractivity contribution in [1.82, 2.24) is 14.5 Å². The lowest BCUT2D eigenvalue weighted by Crippen LogP contribution is -2.53. The van der Waals surface area contributed by atoms with Gasteiger partial charge in [-0.05, 0) is 49.9 Å². The molecule has 142 valence electrons. The Labute approximate surface area is 159 Å². The van der Waals surface area contributed by atoms with E-state index in [4.69, 9.17) is 0 Å². The predicted octanol–water partition coefficient (Wildman–Crippen LogP) is 2.30. The third kappa shape index (κ3) is 2.35. The highest BCUT2D eigenvalue weighted by Crippen LogP contribution is 2.47. The number of nitrogens with zero attached hydrogens (tertiary/aromatic N) is 4. The normalized spacial score (nSPS) is 28.8. The molecule has 6 nitrogen and oxygen atoms in total. The first-order valence-electron chi connectivity index (χ1n) is 10.0. The summed E-state index contributed by atoms with van der Waals surface area (Å²) in [4.78, 5) is 22.1. The van der Waals surface area contributed by atoms with Crippen LogP contribution in [-0.4, -0.2) is 51.2 Å². The molecule has 1 amide bonds. The lowest BCUT2D eigenvalue weighted by molar-refractivity contribution is -0.141. The molecule has 6 heteroatoms. The topological polar surface area (TPSA) is 61.6 Å². The second-order valence-corrected chi connectivity index (χ2v) is 8.12. The van der Waals surface area contributed by atoms with Gasteiger partial charge in [-0.3, -0.25) is 4.79 Å². The predicted molar refractivity (Wildman–Crippen MR) is 103 cm³/mol. The number of carbonyl (C=O) groups excluding carboxylic acids is 1. The van der Waals surface area contributed by atoms with E-state index < -0.39 is 0 Å². The second kappa shape index (κ2) is 6.09. The summed E-state index contributed by atoms with van der Waals surface area (Å²) in [5, 5.41) is 9.59. The van der Waals surface area contributed by atoms with Gasteiger partial charge in [0.1, 0.15) is 5.54 Å². The molecule has 2 aliphatic heterocycles. The summed E-state index contributed by atoms with van der Waals surface area (Å²) in [7, 11) is 0. The van der Waals surface area contributed by atoms with Crippen molar-refractivity contribution in [2.75, 3.05) is 24.5 Å². The Morgan fingerprint density at radius 1 is 1.33 bits per heavy atom. The van der Waals surface area contributed by atoms with Crippen molar-refractivity contribution in [2.24, 2.45) is 5.92 Å². The van der Waals surface area contributed by atoms with Crippen molar-refractivity contribution >= 4 is 11.6 Å². The van der Waals surface area contributed by atoms with Crippen molar-refractivity contribution in [2.45, 2.75) is 44.2 Å². The largest absolute Gasteiger partial charge is 0.393 e. The molecule has 27 heavy (non-hydrogen) atoms. The van der Waals surface area contributed by atoms with E-state index in [0.717, 1.165) is 37.4 Å². The summed E-state index contributed by atoms with van der Waals surface area (Å²) < 4.78 is 2.20. The molecule has 1 atom stereocenters. The highest BCUT2D eigenvalue weighted by Gasteiger charge is 2.51. The number of pyridine rings is 1. The number of rotatable bonds is 3. The standard InChI is InChI=1S/C21H26N4O2/c1-2-9-25-17-5-3-8-22-19(17)24-10-4-6-18(24)21(25)7-11-23(14-21)20(27)15-12-16(26)13-15/h3-6,8,10,15-16,26H,2,7,9,11-14H2,1H3/t15?,16?,21-/m0/s1. The van der Waals surface area contributed by atoms with Crippen molar-refractivity contribution in [3.8, 4) is 5.82 Å². The summed E-state index contributed by atoms with van der Waals surface area (Å²) in [6.45, 7) is 4.61. The molecule has 1 saturated heterocycles. The van der Waals surface area contributed by atoms with Gasteiger partial charge in [0.15, 0.2) is 5.82 Å². The van der Waals surface area contributed by atoms with E-state index in [-0.39, 0.29) is 23.5 Å². The Balaban J connectivity index is 1.54. The maximum Gasteiger partial charge on any atom is 0.225 e. The van der Waals surface area contributed by atoms with Crippen LogP contribution in [0.15, 0.2) is 36.7 Å². The first-order chi connectivity index (χ1) is 13.1. The number of fused-ring (bicyclic) bond motifs is 4. The van der Waals surface area contributed by atoms with E-state index in [0.29, 0.717) is 19.4 Å². The van der Waals surface area contributed by atoms with E-state index in [1.54, 1.807) is 0 Å². The minimum atomic E-state index is -0.294. The molecule has 4 heterocycles. The van der Waals surface area contributed by atoms with Gasteiger partial charge in [-0.1, -0.05) is 6.92 Å². The lowest BCUT2D eigenvalue weighted by Gasteiger charge is -2.47. The van der Waals surface area contributed by atoms with Gasteiger partial charge in [-0.2, -0.15) is 0 Å². The molecule has 1 saturated carbocycles. The average molecular weight is 366 g/mol. The minimum Gasteiger partial charge on any atom is -0.393 e. The molecule has 5 rings (SSSR count). The fraction of sp³-hybridized carbons (Fsp3) is 0.524. The number of likely N-dealkylation sites (tertiary alicyclic amines) is 1. The number of aliphatic hydroxyl groups excluding tert-OH is 1. The molecule has 1 N–H and O–H groups in total. The van der Waals surface area contributed by atoms with Crippen LogP contribution in [0.1, 0.15) is 38.3 Å². The number of amides is 1. The van der Waals surface area contributed by atoms with Crippen LogP contribution in [0.2, 0.25) is 0 Å². The molecule has 2 aromatic heterocycles. The third-order valence-electron chi connectivity index (χ3n) is 6.50. The summed E-state index contributed by atoms with van der Waals surface area (Å²) in [5.74, 6) is 1.19. The van der Waals surface area contributed by atoms with Gasteiger partial charge in [-0.25, -0.2) is 4.98 Å². The van der Waals surface area contributed by atoms with Gasteiger partial charge in [0.25, 0.3) is 0 Å². The molecule has 1 spiro atoms. The fourth-order valence-electron chi connectivity index (χ4n) is 5.12. The zero-order valence-corrected chi connectivity index (χ0v) is 15.7. The monoisotopic (exact) mass is 366 g/mol. The smallest absolute Gasteiger partial charge is 0.225 e. The molecular formula is C21H26N4O2. The van der Waals surface area contributed by atoms with Gasteiger partial charge in [0, 0.05) is 37.9 Å². The Bertz CT molecular complexity index is 873. The lowest BCUT2D eigenvalue weighted by atomic mass is 9.81. The van der Waals surface area contributed by atoms with E-state index in [1.165, 1.54) is 5.69 Å². The number of hydrogen-bond donors (Lipinski definition) is 1. The average Bonchev–Trinajstić information content (AvgIpc) is 3.31. The quantitative estimate of drug-likeness (QED) is 0.905. The van der Waals surface area contributed by atoms with Crippen LogP contribution >= 0.6 is 0 Å². The second-order valence-electron chi connectivity index (χ2n) is 8.12. The van der Waals surface area contributed by atoms with Gasteiger partial charge in [0.2, 0.25) is 5.91 Å². The van der Waals surface area contributed by atoms with Crippen LogP contribution in [0.25, 0.3) is 5.82 Å². The molecule has 2 fully saturated rings. The number of hydrogen-bond acceptors (Lipinski definition) is 4. The summed E-state index contributed by atoms with van der Waals surface area (Å²) in [5.41, 5.74) is 2.18. The van der Waals surface area contributed by atoms with Crippen LogP contribution in [0, 0.1) is 5.92 Å². The molecule has 3 aliphatic rings. The maximum absolute atomic E-state index is 12.9. The van der Waals surface area contributed by atoms with E-state index in [1.807, 2.05) is 17.2 Å². The molecule has 0 unspecified atom stereocenters. The van der Waals surface area contributed by atoms with E-state index in [9.17, 15) is 9.90 Å². The van der Waals surface area contributed by atoms with Crippen LogP contribution in [0.3, 0.4) is 0 Å². The maximum atomic E-state index is 12.9. The van der Waals surface area contributed by atoms with Crippen LogP contribution in [0.4, 0.5) is 5.69 Å². The molecule has 0 radical (unpaired) electrons. The van der Waals surface area contributed by atoms with Gasteiger partial charge in [0.05, 0.1) is 17.5 Å². The first-order valence-corrected chi connectivity index (χ1v) is 10.0. The van der Waals surface area contributed by atoms with Crippen LogP contribution < -0.4 is 4.90 Å². The summed E-state index contributed by atoms with van der Waals surface area (Å²) >= 11 is 0. The Kier molecular flexibility index (Phi) is 3.79. The van der Waals surface area contributed by atoms with E-state index in [2.05, 4.69) is 45.8 Å². The third-order valence-corrected chi connectivity index (χ3v) is 6.50. The molecule has 2 aromatic rings. The highest BCUT2D eigenvalue weighted by molar-refractivity contribution is 5.81. The minimum absolute atomic E-state index is 0.000829. The zero-order valence-electron chi connectivity index (χ0n) is 15.7. The molecular weight excluding hydrogens is 340 g/mol. The van der Waals surface area contributed by atoms with E-state index >= 15 is 0 Å². The van der Waals surface area contributed by atoms with Gasteiger partial charge < -0.3 is 19.5 Å². The zero-order chi connectivity index (χ0) is 18.6. The van der Waals surface area contributed by atoms with Crippen molar-refractivity contribution < 1.29 is 9.90 Å². The Hall–Kier alpha value is -2.34. The van der Waals surface area contributed by atoms with Crippen molar-refractivity contribution in [1.29, 1.82) is 0 Å². The SMILES string of the molecule is CCCN1c2cccnc2-n2cccc2[C@@]12CCN(C(=O)C1CC(O)C1)C2. The first kappa shape index (κ1) is 16.8. The molecule has 0 aromatic carbocycles. The van der Waals surface area contributed by atoms with Crippen LogP contribution in [-0.2, 0) is 10.3 Å². The highest BCUT2D eigenvalue weighted by atomic mass is 16.3. The number of carbonyl (C=O) groups is 1. The molecule has 0 bridgehead atoms. The van der Waals surface area contributed by atoms with Crippen molar-refractivity contribution in [3.05, 3.63) is 42.4 Å². The van der Waals surface area contributed by atoms with Gasteiger partial charge in [-0.15, -0.1) is 0 Å². The van der Waals surface area contributed by atoms with Crippen LogP contribution in [0.5, 0.6) is 0 Å². The Morgan fingerprint density at radius 3 is 2.96 bits per heavy atom. The molecule has 1 aliphatic carbocycles. The van der Waals surface area contributed by atoms with Crippen molar-refractivity contribution in [3.63, 3.8) is 0 Å². The number of aromatic nitrogens is 2. The number of aliphatic hydroxyl groups is 1. The summed E-state index contributed by atoms with van der Waals surface area (Å²) in [6.07, 6.45) is 6.83. The summed E-state index contributed by atoms with van der Waals surface area (Å²) in [6, 6.07) is 8.41.